The summed E-state index contributed by atoms with van der Waals surface area (Å²) < 4.78 is 0. The van der Waals surface area contributed by atoms with E-state index in [1.165, 1.54) is 4.88 Å². The zero-order valence-electron chi connectivity index (χ0n) is 10.0. The Hall–Kier alpha value is -0.610. The van der Waals surface area contributed by atoms with Crippen molar-refractivity contribution < 1.29 is 0 Å². The van der Waals surface area contributed by atoms with E-state index in [0.29, 0.717) is 16.6 Å². The van der Waals surface area contributed by atoms with Crippen LogP contribution in [0.4, 0.5) is 0 Å². The van der Waals surface area contributed by atoms with Gasteiger partial charge in [-0.25, -0.2) is 4.98 Å². The van der Waals surface area contributed by atoms with Gasteiger partial charge >= 0.3 is 0 Å². The zero-order valence-corrected chi connectivity index (χ0v) is 12.4. The Morgan fingerprint density at radius 3 is 2.61 bits per heavy atom. The van der Waals surface area contributed by atoms with Crippen molar-refractivity contribution in [3.8, 4) is 0 Å². The second kappa shape index (κ2) is 6.02. The summed E-state index contributed by atoms with van der Waals surface area (Å²) in [5.41, 5.74) is 7.93. The fraction of sp³-hybridized carbons (Fsp3) is 0.308. The Bertz CT molecular complexity index is 530. The lowest BCUT2D eigenvalue weighted by molar-refractivity contribution is 0.969. The van der Waals surface area contributed by atoms with Gasteiger partial charge in [0.1, 0.15) is 0 Å². The molecule has 0 bridgehead atoms. The van der Waals surface area contributed by atoms with E-state index < -0.39 is 0 Å². The molecular weight excluding hydrogens is 287 g/mol. The molecule has 2 nitrogen and oxygen atoms in total. The molecule has 18 heavy (non-hydrogen) atoms. The molecule has 0 aliphatic carbocycles. The van der Waals surface area contributed by atoms with E-state index in [1.54, 1.807) is 11.3 Å². The van der Waals surface area contributed by atoms with Crippen LogP contribution in [0.2, 0.25) is 10.0 Å². The maximum Gasteiger partial charge on any atom is 0.0975 e. The third kappa shape index (κ3) is 3.04. The summed E-state index contributed by atoms with van der Waals surface area (Å²) in [4.78, 5) is 5.78. The van der Waals surface area contributed by atoms with Crippen LogP contribution >= 0.6 is 34.5 Å². The van der Waals surface area contributed by atoms with Gasteiger partial charge in [-0.3, -0.25) is 0 Å². The lowest BCUT2D eigenvalue weighted by atomic mass is 10.1. The van der Waals surface area contributed by atoms with E-state index in [-0.39, 0.29) is 0 Å². The van der Waals surface area contributed by atoms with Crippen molar-refractivity contribution in [2.45, 2.75) is 26.3 Å². The quantitative estimate of drug-likeness (QED) is 0.925. The summed E-state index contributed by atoms with van der Waals surface area (Å²) >= 11 is 13.6. The van der Waals surface area contributed by atoms with E-state index in [4.69, 9.17) is 28.9 Å². The molecule has 1 aromatic carbocycles. The van der Waals surface area contributed by atoms with Crippen molar-refractivity contribution >= 4 is 34.5 Å². The average Bonchev–Trinajstić information content (AvgIpc) is 2.76. The topological polar surface area (TPSA) is 38.9 Å². The van der Waals surface area contributed by atoms with Gasteiger partial charge in [0.15, 0.2) is 0 Å². The van der Waals surface area contributed by atoms with Gasteiger partial charge in [-0.1, -0.05) is 36.2 Å². The molecule has 0 atom stereocenters. The van der Waals surface area contributed by atoms with Crippen LogP contribution in [0.25, 0.3) is 0 Å². The molecule has 5 heteroatoms. The first-order valence-electron chi connectivity index (χ1n) is 5.75. The Labute approximate surface area is 121 Å². The number of halogens is 2. The van der Waals surface area contributed by atoms with E-state index in [2.05, 4.69) is 11.9 Å². The van der Waals surface area contributed by atoms with Gasteiger partial charge in [0.25, 0.3) is 0 Å². The number of hydrogen-bond acceptors (Lipinski definition) is 3. The molecule has 0 amide bonds. The van der Waals surface area contributed by atoms with Crippen molar-refractivity contribution in [1.82, 2.24) is 4.98 Å². The van der Waals surface area contributed by atoms with Gasteiger partial charge in [-0.05, 0) is 24.1 Å². The SMILES string of the molecule is CCc1nc(Cc2ccc(Cl)c(Cl)c2)sc1CN. The van der Waals surface area contributed by atoms with E-state index in [1.807, 2.05) is 18.2 Å². The minimum atomic E-state index is 0.558. The third-order valence-corrected chi connectivity index (χ3v) is 4.54. The van der Waals surface area contributed by atoms with E-state index >= 15 is 0 Å². The van der Waals surface area contributed by atoms with Crippen LogP contribution in [0.5, 0.6) is 0 Å². The van der Waals surface area contributed by atoms with Gasteiger partial charge in [-0.15, -0.1) is 11.3 Å². The summed E-state index contributed by atoms with van der Waals surface area (Å²) in [5.74, 6) is 0. The Morgan fingerprint density at radius 1 is 1.28 bits per heavy atom. The van der Waals surface area contributed by atoms with Crippen molar-refractivity contribution in [3.63, 3.8) is 0 Å². The number of aryl methyl sites for hydroxylation is 1. The lowest BCUT2D eigenvalue weighted by Gasteiger charge is -2.00. The van der Waals surface area contributed by atoms with Crippen LogP contribution in [0.15, 0.2) is 18.2 Å². The molecule has 0 spiro atoms. The first kappa shape index (κ1) is 13.8. The third-order valence-electron chi connectivity index (χ3n) is 2.68. The van der Waals surface area contributed by atoms with E-state index in [0.717, 1.165) is 29.1 Å². The number of nitrogens with two attached hydrogens (primary N) is 1. The molecule has 0 fully saturated rings. The molecule has 0 aliphatic rings. The fourth-order valence-electron chi connectivity index (χ4n) is 1.77. The predicted octanol–water partition coefficient (Wildman–Crippen LogP) is 4.06. The molecule has 1 heterocycles. The van der Waals surface area contributed by atoms with Crippen LogP contribution in [0.1, 0.15) is 28.1 Å². The summed E-state index contributed by atoms with van der Waals surface area (Å²) in [5, 5.41) is 2.24. The summed E-state index contributed by atoms with van der Waals surface area (Å²) in [7, 11) is 0. The number of aromatic nitrogens is 1. The molecular formula is C13H14Cl2N2S. The molecule has 2 rings (SSSR count). The van der Waals surface area contributed by atoms with Crippen molar-refractivity contribution in [2.75, 3.05) is 0 Å². The largest absolute Gasteiger partial charge is 0.326 e. The second-order valence-electron chi connectivity index (χ2n) is 3.96. The van der Waals surface area contributed by atoms with Crippen LogP contribution in [0, 0.1) is 0 Å². The second-order valence-corrected chi connectivity index (χ2v) is 5.94. The van der Waals surface area contributed by atoms with Gasteiger partial charge in [-0.2, -0.15) is 0 Å². The number of benzene rings is 1. The molecule has 1 aromatic heterocycles. The normalized spacial score (nSPS) is 10.9. The monoisotopic (exact) mass is 300 g/mol. The molecule has 2 N–H and O–H groups in total. The predicted molar refractivity (Wildman–Crippen MR) is 78.7 cm³/mol. The van der Waals surface area contributed by atoms with Gasteiger partial charge in [0.2, 0.25) is 0 Å². The van der Waals surface area contributed by atoms with E-state index in [9.17, 15) is 0 Å². The first-order chi connectivity index (χ1) is 8.63. The van der Waals surface area contributed by atoms with Gasteiger partial charge in [0.05, 0.1) is 20.7 Å². The van der Waals surface area contributed by atoms with Gasteiger partial charge in [0, 0.05) is 17.8 Å². The Kier molecular flexibility index (Phi) is 4.62. The molecule has 96 valence electrons. The number of thiazole rings is 1. The van der Waals surface area contributed by atoms with Gasteiger partial charge < -0.3 is 5.73 Å². The van der Waals surface area contributed by atoms with Crippen LogP contribution in [-0.2, 0) is 19.4 Å². The summed E-state index contributed by atoms with van der Waals surface area (Å²) in [6, 6.07) is 5.68. The highest BCUT2D eigenvalue weighted by Crippen LogP contribution is 2.26. The molecule has 0 radical (unpaired) electrons. The highest BCUT2D eigenvalue weighted by atomic mass is 35.5. The molecule has 0 aliphatic heterocycles. The maximum atomic E-state index is 6.00. The van der Waals surface area contributed by atoms with Crippen LogP contribution < -0.4 is 5.73 Å². The molecule has 2 aromatic rings. The summed E-state index contributed by atoms with van der Waals surface area (Å²) in [6.45, 7) is 2.65. The smallest absolute Gasteiger partial charge is 0.0975 e. The Morgan fingerprint density at radius 2 is 2.06 bits per heavy atom. The van der Waals surface area contributed by atoms with Crippen molar-refractivity contribution in [1.29, 1.82) is 0 Å². The minimum Gasteiger partial charge on any atom is -0.326 e. The molecule has 0 saturated heterocycles. The Balaban J connectivity index is 2.22. The first-order valence-corrected chi connectivity index (χ1v) is 7.32. The van der Waals surface area contributed by atoms with Crippen LogP contribution in [0.3, 0.4) is 0 Å². The average molecular weight is 301 g/mol. The highest BCUT2D eigenvalue weighted by molar-refractivity contribution is 7.11. The number of rotatable bonds is 4. The zero-order chi connectivity index (χ0) is 13.1. The van der Waals surface area contributed by atoms with Crippen LogP contribution in [-0.4, -0.2) is 4.98 Å². The van der Waals surface area contributed by atoms with Crippen molar-refractivity contribution in [2.24, 2.45) is 5.73 Å². The minimum absolute atomic E-state index is 0.558. The summed E-state index contributed by atoms with van der Waals surface area (Å²) in [6.07, 6.45) is 1.69. The molecule has 0 saturated carbocycles. The number of hydrogen-bond donors (Lipinski definition) is 1. The highest BCUT2D eigenvalue weighted by Gasteiger charge is 2.09. The lowest BCUT2D eigenvalue weighted by Crippen LogP contribution is -1.97. The molecule has 0 unspecified atom stereocenters. The maximum absolute atomic E-state index is 6.00. The van der Waals surface area contributed by atoms with Crippen molar-refractivity contribution in [3.05, 3.63) is 49.4 Å². The number of nitrogens with zero attached hydrogens (tertiary/aromatic N) is 1. The standard InChI is InChI=1S/C13H14Cl2N2S/c1-2-11-12(7-16)18-13(17-11)6-8-3-4-9(14)10(15)5-8/h3-5H,2,6-7,16H2,1H3. The fourth-order valence-corrected chi connectivity index (χ4v) is 3.16.